The van der Waals surface area contributed by atoms with Crippen LogP contribution in [0.5, 0.6) is 0 Å². The molecule has 0 aliphatic heterocycles. The molecule has 1 atom stereocenters. The van der Waals surface area contributed by atoms with E-state index in [2.05, 4.69) is 28.6 Å². The molecule has 0 fully saturated rings. The van der Waals surface area contributed by atoms with Crippen molar-refractivity contribution >= 4 is 15.9 Å². The quantitative estimate of drug-likeness (QED) is 0.819. The number of hydrogen-bond donors (Lipinski definition) is 1. The van der Waals surface area contributed by atoms with Crippen molar-refractivity contribution in [2.45, 2.75) is 25.8 Å². The van der Waals surface area contributed by atoms with Crippen LogP contribution >= 0.6 is 15.9 Å². The molecule has 0 aromatic heterocycles. The number of rotatable bonds is 3. The van der Waals surface area contributed by atoms with Gasteiger partial charge in [0.05, 0.1) is 0 Å². The van der Waals surface area contributed by atoms with Crippen LogP contribution in [-0.2, 0) is 5.54 Å². The summed E-state index contributed by atoms with van der Waals surface area (Å²) in [5.41, 5.74) is 8.14. The van der Waals surface area contributed by atoms with Gasteiger partial charge in [0, 0.05) is 10.0 Å². The first-order valence-electron chi connectivity index (χ1n) is 4.61. The van der Waals surface area contributed by atoms with Gasteiger partial charge in [0.2, 0.25) is 0 Å². The molecule has 1 rings (SSSR count). The summed E-state index contributed by atoms with van der Waals surface area (Å²) >= 11 is 3.44. The number of nitrogens with two attached hydrogens (primary N) is 1. The summed E-state index contributed by atoms with van der Waals surface area (Å²) in [6, 6.07) is 8.11. The minimum Gasteiger partial charge on any atom is -0.321 e. The van der Waals surface area contributed by atoms with Crippen LogP contribution in [0.3, 0.4) is 0 Å². The zero-order valence-corrected chi connectivity index (χ0v) is 10.3. The Hall–Kier alpha value is -0.600. The van der Waals surface area contributed by atoms with Gasteiger partial charge in [-0.3, -0.25) is 0 Å². The zero-order valence-electron chi connectivity index (χ0n) is 8.68. The van der Waals surface area contributed by atoms with Crippen molar-refractivity contribution in [2.24, 2.45) is 5.73 Å². The lowest BCUT2D eigenvalue weighted by Crippen LogP contribution is -2.33. The fourth-order valence-corrected chi connectivity index (χ4v) is 1.97. The lowest BCUT2D eigenvalue weighted by atomic mass is 9.87. The lowest BCUT2D eigenvalue weighted by Gasteiger charge is -2.25. The van der Waals surface area contributed by atoms with Crippen LogP contribution in [0.25, 0.3) is 0 Å². The first-order valence-corrected chi connectivity index (χ1v) is 5.40. The monoisotopic (exact) mass is 253 g/mol. The zero-order chi connectivity index (χ0) is 10.8. The van der Waals surface area contributed by atoms with Crippen molar-refractivity contribution in [3.8, 4) is 0 Å². The van der Waals surface area contributed by atoms with Gasteiger partial charge in [-0.1, -0.05) is 33.6 Å². The predicted octanol–water partition coefficient (Wildman–Crippen LogP) is 3.59. The molecule has 2 N–H and O–H groups in total. The second-order valence-corrected chi connectivity index (χ2v) is 4.98. The third-order valence-electron chi connectivity index (χ3n) is 2.15. The van der Waals surface area contributed by atoms with E-state index < -0.39 is 0 Å². The van der Waals surface area contributed by atoms with Crippen LogP contribution in [-0.4, -0.2) is 0 Å². The fraction of sp³-hybridized carbons (Fsp3) is 0.333. The predicted molar refractivity (Wildman–Crippen MR) is 65.1 cm³/mol. The first-order chi connectivity index (χ1) is 6.42. The number of benzene rings is 1. The third-order valence-corrected chi connectivity index (χ3v) is 2.65. The summed E-state index contributed by atoms with van der Waals surface area (Å²) < 4.78 is 1.06. The van der Waals surface area contributed by atoms with Crippen LogP contribution < -0.4 is 5.73 Å². The molecular weight excluding hydrogens is 238 g/mol. The summed E-state index contributed by atoms with van der Waals surface area (Å²) in [6.45, 7) is 7.93. The average molecular weight is 254 g/mol. The Labute approximate surface area is 94.1 Å². The molecule has 76 valence electrons. The molecular formula is C12H16BrN. The molecule has 1 nitrogen and oxygen atoms in total. The van der Waals surface area contributed by atoms with E-state index in [1.165, 1.54) is 0 Å². The van der Waals surface area contributed by atoms with Crippen molar-refractivity contribution in [1.29, 1.82) is 0 Å². The van der Waals surface area contributed by atoms with Gasteiger partial charge in [-0.2, -0.15) is 0 Å². The molecule has 1 aromatic rings. The minimum absolute atomic E-state index is 0.324. The number of halogens is 1. The Balaban J connectivity index is 2.97. The highest BCUT2D eigenvalue weighted by atomic mass is 79.9. The molecule has 0 bridgehead atoms. The highest BCUT2D eigenvalue weighted by Gasteiger charge is 2.20. The standard InChI is InChI=1S/C12H16BrN/c1-9(2)8-12(3,14)10-5-4-6-11(13)7-10/h4-7H,1,8,14H2,2-3H3/t12-/m0/s1. The number of hydrogen-bond acceptors (Lipinski definition) is 1. The minimum atomic E-state index is -0.324. The van der Waals surface area contributed by atoms with E-state index in [0.29, 0.717) is 0 Å². The molecule has 2 heteroatoms. The van der Waals surface area contributed by atoms with Crippen LogP contribution in [0.4, 0.5) is 0 Å². The summed E-state index contributed by atoms with van der Waals surface area (Å²) in [5, 5.41) is 0. The van der Waals surface area contributed by atoms with Crippen molar-refractivity contribution in [3.05, 3.63) is 46.5 Å². The van der Waals surface area contributed by atoms with Crippen molar-refractivity contribution in [1.82, 2.24) is 0 Å². The van der Waals surface area contributed by atoms with Crippen LogP contribution in [0, 0.1) is 0 Å². The van der Waals surface area contributed by atoms with Gasteiger partial charge >= 0.3 is 0 Å². The normalized spacial score (nSPS) is 14.9. The van der Waals surface area contributed by atoms with E-state index in [1.54, 1.807) is 0 Å². The third kappa shape index (κ3) is 2.96. The second-order valence-electron chi connectivity index (χ2n) is 4.06. The Morgan fingerprint density at radius 1 is 1.57 bits per heavy atom. The maximum absolute atomic E-state index is 6.23. The van der Waals surface area contributed by atoms with Gasteiger partial charge < -0.3 is 5.73 Å². The molecule has 0 saturated heterocycles. The molecule has 14 heavy (non-hydrogen) atoms. The van der Waals surface area contributed by atoms with E-state index in [9.17, 15) is 0 Å². The maximum atomic E-state index is 6.23. The molecule has 0 unspecified atom stereocenters. The van der Waals surface area contributed by atoms with E-state index >= 15 is 0 Å². The van der Waals surface area contributed by atoms with Crippen LogP contribution in [0.2, 0.25) is 0 Å². The highest BCUT2D eigenvalue weighted by Crippen LogP contribution is 2.26. The SMILES string of the molecule is C=C(C)C[C@](C)(N)c1cccc(Br)c1. The topological polar surface area (TPSA) is 26.0 Å². The Bertz CT molecular complexity index is 342. The van der Waals surface area contributed by atoms with E-state index in [4.69, 9.17) is 5.73 Å². The first kappa shape index (κ1) is 11.5. The molecule has 0 aliphatic carbocycles. The molecule has 0 amide bonds. The van der Waals surface area contributed by atoms with Gasteiger partial charge in [-0.15, -0.1) is 6.58 Å². The van der Waals surface area contributed by atoms with Gasteiger partial charge in [0.25, 0.3) is 0 Å². The van der Waals surface area contributed by atoms with Crippen LogP contribution in [0.15, 0.2) is 40.9 Å². The molecule has 0 saturated carbocycles. The Morgan fingerprint density at radius 3 is 2.71 bits per heavy atom. The fourth-order valence-electron chi connectivity index (χ4n) is 1.57. The maximum Gasteiger partial charge on any atom is 0.0418 e. The van der Waals surface area contributed by atoms with Gasteiger partial charge in [-0.25, -0.2) is 0 Å². The van der Waals surface area contributed by atoms with Crippen LogP contribution in [0.1, 0.15) is 25.8 Å². The van der Waals surface area contributed by atoms with E-state index in [-0.39, 0.29) is 5.54 Å². The van der Waals surface area contributed by atoms with Crippen molar-refractivity contribution < 1.29 is 0 Å². The lowest BCUT2D eigenvalue weighted by molar-refractivity contribution is 0.489. The Morgan fingerprint density at radius 2 is 2.21 bits per heavy atom. The summed E-state index contributed by atoms with van der Waals surface area (Å²) in [5.74, 6) is 0. The molecule has 0 aliphatic rings. The summed E-state index contributed by atoms with van der Waals surface area (Å²) in [6.07, 6.45) is 0.809. The molecule has 0 heterocycles. The Kier molecular flexibility index (Phi) is 3.51. The smallest absolute Gasteiger partial charge is 0.0418 e. The summed E-state index contributed by atoms with van der Waals surface area (Å²) in [7, 11) is 0. The second kappa shape index (κ2) is 4.28. The van der Waals surface area contributed by atoms with E-state index in [0.717, 1.165) is 22.0 Å². The van der Waals surface area contributed by atoms with Crippen molar-refractivity contribution in [3.63, 3.8) is 0 Å². The van der Waals surface area contributed by atoms with Gasteiger partial charge in [0.1, 0.15) is 0 Å². The van der Waals surface area contributed by atoms with E-state index in [1.807, 2.05) is 32.0 Å². The molecule has 1 aromatic carbocycles. The van der Waals surface area contributed by atoms with Crippen molar-refractivity contribution in [2.75, 3.05) is 0 Å². The average Bonchev–Trinajstić information content (AvgIpc) is 2.01. The van der Waals surface area contributed by atoms with Gasteiger partial charge in [0.15, 0.2) is 0 Å². The molecule has 0 radical (unpaired) electrons. The largest absolute Gasteiger partial charge is 0.321 e. The summed E-state index contributed by atoms with van der Waals surface area (Å²) in [4.78, 5) is 0. The highest BCUT2D eigenvalue weighted by molar-refractivity contribution is 9.10. The molecule has 0 spiro atoms. The van der Waals surface area contributed by atoms with Gasteiger partial charge in [-0.05, 0) is 38.0 Å².